The first-order chi connectivity index (χ1) is 12.2. The van der Waals surface area contributed by atoms with Gasteiger partial charge in [0.05, 0.1) is 18.1 Å². The average molecular weight is 331 g/mol. The van der Waals surface area contributed by atoms with Gasteiger partial charge in [-0.05, 0) is 35.7 Å². The van der Waals surface area contributed by atoms with Gasteiger partial charge >= 0.3 is 0 Å². The van der Waals surface area contributed by atoms with Gasteiger partial charge in [0.1, 0.15) is 0 Å². The first kappa shape index (κ1) is 16.8. The molecule has 0 unspecified atom stereocenters. The number of para-hydroxylation sites is 1. The first-order valence-electron chi connectivity index (χ1n) is 8.53. The molecule has 0 bridgehead atoms. The van der Waals surface area contributed by atoms with Crippen molar-refractivity contribution in [3.05, 3.63) is 71.4 Å². The van der Waals surface area contributed by atoms with Crippen molar-refractivity contribution < 1.29 is 4.79 Å². The number of hydrogen-bond acceptors (Lipinski definition) is 2. The molecule has 126 valence electrons. The maximum absolute atomic E-state index is 12.8. The van der Waals surface area contributed by atoms with Crippen LogP contribution in [0.1, 0.15) is 30.0 Å². The summed E-state index contributed by atoms with van der Waals surface area (Å²) in [5.74, 6) is 0.121. The maximum atomic E-state index is 12.8. The van der Waals surface area contributed by atoms with E-state index in [9.17, 15) is 4.79 Å². The van der Waals surface area contributed by atoms with Crippen molar-refractivity contribution in [2.75, 3.05) is 6.54 Å². The Morgan fingerprint density at radius 1 is 1.16 bits per heavy atom. The van der Waals surface area contributed by atoms with E-state index >= 15 is 0 Å². The third-order valence-electron chi connectivity index (χ3n) is 4.32. The Morgan fingerprint density at radius 3 is 2.64 bits per heavy atom. The van der Waals surface area contributed by atoms with Crippen LogP contribution >= 0.6 is 0 Å². The summed E-state index contributed by atoms with van der Waals surface area (Å²) in [6, 6.07) is 17.6. The molecule has 0 fully saturated rings. The van der Waals surface area contributed by atoms with Crippen molar-refractivity contribution in [2.45, 2.75) is 26.3 Å². The van der Waals surface area contributed by atoms with Crippen LogP contribution in [0.4, 0.5) is 0 Å². The van der Waals surface area contributed by atoms with Gasteiger partial charge in [-0.25, -0.2) is 0 Å². The molecule has 25 heavy (non-hydrogen) atoms. The van der Waals surface area contributed by atoms with Crippen molar-refractivity contribution in [2.24, 2.45) is 0 Å². The highest BCUT2D eigenvalue weighted by atomic mass is 16.2. The summed E-state index contributed by atoms with van der Waals surface area (Å²) >= 11 is 0. The van der Waals surface area contributed by atoms with E-state index in [2.05, 4.69) is 18.0 Å². The minimum atomic E-state index is 0.121. The smallest absolute Gasteiger partial charge is 0.227 e. The van der Waals surface area contributed by atoms with E-state index in [-0.39, 0.29) is 5.91 Å². The van der Waals surface area contributed by atoms with Gasteiger partial charge in [0.2, 0.25) is 5.91 Å². The van der Waals surface area contributed by atoms with Crippen LogP contribution in [0.3, 0.4) is 0 Å². The second-order valence-corrected chi connectivity index (χ2v) is 6.16. The third kappa shape index (κ3) is 3.89. The second kappa shape index (κ2) is 7.67. The van der Waals surface area contributed by atoms with Gasteiger partial charge in [-0.2, -0.15) is 5.26 Å². The minimum Gasteiger partial charge on any atom is -0.361 e. The Balaban J connectivity index is 1.75. The highest BCUT2D eigenvalue weighted by molar-refractivity contribution is 5.88. The number of nitrogens with zero attached hydrogens (tertiary/aromatic N) is 2. The summed E-state index contributed by atoms with van der Waals surface area (Å²) in [4.78, 5) is 17.9. The molecule has 1 heterocycles. The highest BCUT2D eigenvalue weighted by Crippen LogP contribution is 2.19. The number of carbonyl (C=O) groups is 1. The number of H-pyrrole nitrogens is 1. The lowest BCUT2D eigenvalue weighted by Crippen LogP contribution is -2.32. The molecular formula is C21H21N3O. The number of nitriles is 1. The number of hydrogen-bond donors (Lipinski definition) is 1. The molecule has 0 atom stereocenters. The van der Waals surface area contributed by atoms with Crippen molar-refractivity contribution in [1.29, 1.82) is 5.26 Å². The van der Waals surface area contributed by atoms with E-state index in [1.54, 1.807) is 12.1 Å². The molecule has 3 rings (SSSR count). The maximum Gasteiger partial charge on any atom is 0.227 e. The van der Waals surface area contributed by atoms with Crippen molar-refractivity contribution in [3.8, 4) is 6.07 Å². The van der Waals surface area contributed by atoms with Gasteiger partial charge in [-0.1, -0.05) is 37.3 Å². The predicted molar refractivity (Wildman–Crippen MR) is 98.9 cm³/mol. The Kier molecular flexibility index (Phi) is 5.15. The van der Waals surface area contributed by atoms with Crippen molar-refractivity contribution >= 4 is 16.8 Å². The van der Waals surface area contributed by atoms with E-state index in [0.29, 0.717) is 18.5 Å². The summed E-state index contributed by atoms with van der Waals surface area (Å²) < 4.78 is 0. The number of amides is 1. The van der Waals surface area contributed by atoms with Crippen LogP contribution in [0, 0.1) is 11.3 Å². The third-order valence-corrected chi connectivity index (χ3v) is 4.32. The second-order valence-electron chi connectivity index (χ2n) is 6.16. The van der Waals surface area contributed by atoms with E-state index in [0.717, 1.165) is 35.0 Å². The molecule has 1 amide bonds. The summed E-state index contributed by atoms with van der Waals surface area (Å²) in [5, 5.41) is 10.00. The van der Waals surface area contributed by atoms with Crippen LogP contribution in [0.2, 0.25) is 0 Å². The molecule has 4 nitrogen and oxygen atoms in total. The van der Waals surface area contributed by atoms with Gasteiger partial charge in [-0.15, -0.1) is 0 Å². The minimum absolute atomic E-state index is 0.121. The molecule has 1 aromatic heterocycles. The highest BCUT2D eigenvalue weighted by Gasteiger charge is 2.16. The molecule has 0 aliphatic carbocycles. The largest absolute Gasteiger partial charge is 0.361 e. The van der Waals surface area contributed by atoms with Crippen LogP contribution in [-0.2, 0) is 17.8 Å². The van der Waals surface area contributed by atoms with Crippen molar-refractivity contribution in [1.82, 2.24) is 9.88 Å². The Labute approximate surface area is 147 Å². The molecule has 3 aromatic rings. The standard InChI is InChI=1S/C21H21N3O/c1-2-11-24(15-17-9-7-16(13-22)8-10-17)21(25)12-18-14-23-20-6-4-3-5-19(18)20/h3-10,14,23H,2,11-12,15H2,1H3. The van der Waals surface area contributed by atoms with Gasteiger partial charge < -0.3 is 9.88 Å². The molecule has 0 spiro atoms. The Hall–Kier alpha value is -3.06. The number of rotatable bonds is 6. The lowest BCUT2D eigenvalue weighted by Gasteiger charge is -2.22. The molecule has 2 aromatic carbocycles. The van der Waals surface area contributed by atoms with E-state index in [1.807, 2.05) is 47.5 Å². The zero-order valence-electron chi connectivity index (χ0n) is 14.3. The number of nitrogens with one attached hydrogen (secondary N) is 1. The number of carbonyl (C=O) groups excluding carboxylic acids is 1. The molecule has 0 aliphatic rings. The topological polar surface area (TPSA) is 59.9 Å². The van der Waals surface area contributed by atoms with Crippen LogP contribution < -0.4 is 0 Å². The normalized spacial score (nSPS) is 10.6. The number of aromatic amines is 1. The monoisotopic (exact) mass is 331 g/mol. The molecule has 4 heteroatoms. The van der Waals surface area contributed by atoms with Gasteiger partial charge in [0, 0.05) is 30.2 Å². The lowest BCUT2D eigenvalue weighted by atomic mass is 10.1. The van der Waals surface area contributed by atoms with E-state index < -0.39 is 0 Å². The molecule has 0 aliphatic heterocycles. The molecule has 1 N–H and O–H groups in total. The SMILES string of the molecule is CCCN(Cc1ccc(C#N)cc1)C(=O)Cc1c[nH]c2ccccc12. The quantitative estimate of drug-likeness (QED) is 0.741. The van der Waals surface area contributed by atoms with E-state index in [1.165, 1.54) is 0 Å². The van der Waals surface area contributed by atoms with Crippen LogP contribution in [0.15, 0.2) is 54.7 Å². The zero-order chi connectivity index (χ0) is 17.6. The number of benzene rings is 2. The predicted octanol–water partition coefficient (Wildman–Crippen LogP) is 4.02. The van der Waals surface area contributed by atoms with E-state index in [4.69, 9.17) is 5.26 Å². The Bertz CT molecular complexity index is 903. The average Bonchev–Trinajstić information content (AvgIpc) is 3.05. The van der Waals surface area contributed by atoms with Crippen LogP contribution in [0.25, 0.3) is 10.9 Å². The Morgan fingerprint density at radius 2 is 1.92 bits per heavy atom. The van der Waals surface area contributed by atoms with Crippen molar-refractivity contribution in [3.63, 3.8) is 0 Å². The first-order valence-corrected chi connectivity index (χ1v) is 8.53. The van der Waals surface area contributed by atoms with Gasteiger partial charge in [-0.3, -0.25) is 4.79 Å². The molecule has 0 saturated heterocycles. The number of fused-ring (bicyclic) bond motifs is 1. The molecular weight excluding hydrogens is 310 g/mol. The molecule has 0 saturated carbocycles. The zero-order valence-corrected chi connectivity index (χ0v) is 14.3. The lowest BCUT2D eigenvalue weighted by molar-refractivity contribution is -0.131. The fourth-order valence-corrected chi connectivity index (χ4v) is 3.02. The summed E-state index contributed by atoms with van der Waals surface area (Å²) in [5.41, 5.74) is 3.76. The molecule has 0 radical (unpaired) electrons. The fourth-order valence-electron chi connectivity index (χ4n) is 3.02. The van der Waals surface area contributed by atoms with Crippen LogP contribution in [0.5, 0.6) is 0 Å². The summed E-state index contributed by atoms with van der Waals surface area (Å²) in [7, 11) is 0. The number of aromatic nitrogens is 1. The van der Waals surface area contributed by atoms with Crippen LogP contribution in [-0.4, -0.2) is 22.3 Å². The summed E-state index contributed by atoms with van der Waals surface area (Å²) in [6.45, 7) is 3.37. The summed E-state index contributed by atoms with van der Waals surface area (Å²) in [6.07, 6.45) is 3.23. The van der Waals surface area contributed by atoms with Gasteiger partial charge in [0.15, 0.2) is 0 Å². The fraction of sp³-hybridized carbons (Fsp3) is 0.238. The van der Waals surface area contributed by atoms with Gasteiger partial charge in [0.25, 0.3) is 0 Å².